The maximum atomic E-state index is 4.55. The highest BCUT2D eigenvalue weighted by atomic mass is 32.1. The Kier molecular flexibility index (Phi) is 3.66. The van der Waals surface area contributed by atoms with E-state index >= 15 is 0 Å². The van der Waals surface area contributed by atoms with E-state index in [4.69, 9.17) is 0 Å². The predicted octanol–water partition coefficient (Wildman–Crippen LogP) is 2.58. The average Bonchev–Trinajstić information content (AvgIpc) is 3.00. The van der Waals surface area contributed by atoms with Gasteiger partial charge in [0.25, 0.3) is 0 Å². The van der Waals surface area contributed by atoms with Crippen LogP contribution < -0.4 is 10.2 Å². The number of hydrogen-bond acceptors (Lipinski definition) is 5. The molecule has 1 atom stereocenters. The van der Waals surface area contributed by atoms with Gasteiger partial charge >= 0.3 is 0 Å². The van der Waals surface area contributed by atoms with Crippen LogP contribution in [0.1, 0.15) is 24.6 Å². The summed E-state index contributed by atoms with van der Waals surface area (Å²) in [6.45, 7) is 7.48. The summed E-state index contributed by atoms with van der Waals surface area (Å²) in [6.07, 6.45) is 4.21. The Morgan fingerprint density at radius 2 is 2.37 bits per heavy atom. The molecule has 0 aliphatic carbocycles. The van der Waals surface area contributed by atoms with Crippen molar-refractivity contribution in [1.82, 2.24) is 15.3 Å². The Hall–Kier alpha value is -1.20. The van der Waals surface area contributed by atoms with Gasteiger partial charge in [-0.1, -0.05) is 6.92 Å². The zero-order chi connectivity index (χ0) is 13.2. The fourth-order valence-corrected chi connectivity index (χ4v) is 3.67. The van der Waals surface area contributed by atoms with Crippen LogP contribution in [0.4, 0.5) is 5.82 Å². The maximum Gasteiger partial charge on any atom is 0.141 e. The summed E-state index contributed by atoms with van der Waals surface area (Å²) in [5, 5.41) is 4.68. The Morgan fingerprint density at radius 1 is 1.47 bits per heavy atom. The SMILES string of the molecule is CCNCC1CCCN1c1ncnc2sc(C)cc12. The standard InChI is InChI=1S/C14H20N4S/c1-3-15-8-11-5-4-6-18(11)13-12-7-10(2)19-14(12)17-9-16-13/h7,9,11,15H,3-6,8H2,1-2H3. The van der Waals surface area contributed by atoms with Gasteiger partial charge in [0.1, 0.15) is 17.0 Å². The number of hydrogen-bond donors (Lipinski definition) is 1. The van der Waals surface area contributed by atoms with Crippen molar-refractivity contribution in [2.24, 2.45) is 0 Å². The lowest BCUT2D eigenvalue weighted by Crippen LogP contribution is -2.38. The molecule has 2 aromatic rings. The lowest BCUT2D eigenvalue weighted by Gasteiger charge is -2.26. The summed E-state index contributed by atoms with van der Waals surface area (Å²) in [6, 6.07) is 2.79. The third kappa shape index (κ3) is 2.44. The lowest BCUT2D eigenvalue weighted by molar-refractivity contribution is 0.585. The van der Waals surface area contributed by atoms with Gasteiger partial charge in [-0.15, -0.1) is 11.3 Å². The molecule has 5 heteroatoms. The molecule has 0 amide bonds. The van der Waals surface area contributed by atoms with Crippen molar-refractivity contribution >= 4 is 27.4 Å². The number of nitrogens with zero attached hydrogens (tertiary/aromatic N) is 3. The summed E-state index contributed by atoms with van der Waals surface area (Å²) in [4.78, 5) is 13.8. The molecule has 19 heavy (non-hydrogen) atoms. The van der Waals surface area contributed by atoms with E-state index in [0.717, 1.165) is 30.3 Å². The summed E-state index contributed by atoms with van der Waals surface area (Å²) < 4.78 is 0. The number of likely N-dealkylation sites (N-methyl/N-ethyl adjacent to an activating group) is 1. The van der Waals surface area contributed by atoms with Gasteiger partial charge < -0.3 is 10.2 Å². The molecule has 1 saturated heterocycles. The molecule has 4 nitrogen and oxygen atoms in total. The second kappa shape index (κ2) is 5.43. The topological polar surface area (TPSA) is 41.0 Å². The van der Waals surface area contributed by atoms with Crippen LogP contribution in [0.15, 0.2) is 12.4 Å². The van der Waals surface area contributed by atoms with Crippen molar-refractivity contribution in [2.75, 3.05) is 24.5 Å². The minimum atomic E-state index is 0.568. The number of nitrogens with one attached hydrogen (secondary N) is 1. The van der Waals surface area contributed by atoms with Crippen LogP contribution in [0.25, 0.3) is 10.2 Å². The minimum absolute atomic E-state index is 0.568. The van der Waals surface area contributed by atoms with Gasteiger partial charge in [0.2, 0.25) is 0 Å². The fraction of sp³-hybridized carbons (Fsp3) is 0.571. The van der Waals surface area contributed by atoms with Crippen molar-refractivity contribution in [3.8, 4) is 0 Å². The molecule has 1 fully saturated rings. The van der Waals surface area contributed by atoms with Crippen molar-refractivity contribution < 1.29 is 0 Å². The highest BCUT2D eigenvalue weighted by molar-refractivity contribution is 7.18. The molecule has 0 aromatic carbocycles. The monoisotopic (exact) mass is 276 g/mol. The van der Waals surface area contributed by atoms with Gasteiger partial charge in [-0.3, -0.25) is 0 Å². The second-order valence-electron chi connectivity index (χ2n) is 5.07. The highest BCUT2D eigenvalue weighted by Gasteiger charge is 2.26. The zero-order valence-electron chi connectivity index (χ0n) is 11.5. The van der Waals surface area contributed by atoms with E-state index in [-0.39, 0.29) is 0 Å². The van der Waals surface area contributed by atoms with Crippen molar-refractivity contribution in [2.45, 2.75) is 32.7 Å². The molecular formula is C14H20N4S. The summed E-state index contributed by atoms with van der Waals surface area (Å²) in [7, 11) is 0. The van der Waals surface area contributed by atoms with Crippen LogP contribution in [0.2, 0.25) is 0 Å². The molecule has 3 heterocycles. The molecule has 0 saturated carbocycles. The molecule has 1 aliphatic rings. The van der Waals surface area contributed by atoms with Crippen LogP contribution in [0.3, 0.4) is 0 Å². The molecule has 0 bridgehead atoms. The normalized spacial score (nSPS) is 19.5. The van der Waals surface area contributed by atoms with Crippen molar-refractivity contribution in [3.05, 3.63) is 17.3 Å². The molecule has 1 unspecified atom stereocenters. The largest absolute Gasteiger partial charge is 0.352 e. The number of thiophene rings is 1. The molecule has 0 spiro atoms. The quantitative estimate of drug-likeness (QED) is 0.932. The van der Waals surface area contributed by atoms with Crippen molar-refractivity contribution in [3.63, 3.8) is 0 Å². The Balaban J connectivity index is 1.94. The number of fused-ring (bicyclic) bond motifs is 1. The van der Waals surface area contributed by atoms with Gasteiger partial charge in [0.15, 0.2) is 0 Å². The van der Waals surface area contributed by atoms with Crippen LogP contribution in [-0.4, -0.2) is 35.6 Å². The van der Waals surface area contributed by atoms with E-state index in [1.54, 1.807) is 17.7 Å². The molecule has 102 valence electrons. The number of anilines is 1. The third-order valence-electron chi connectivity index (χ3n) is 3.71. The number of aromatic nitrogens is 2. The number of rotatable bonds is 4. The molecule has 0 radical (unpaired) electrons. The first-order valence-corrected chi connectivity index (χ1v) is 7.79. The molecule has 3 rings (SSSR count). The first kappa shape index (κ1) is 12.8. The van der Waals surface area contributed by atoms with Crippen LogP contribution in [0, 0.1) is 6.92 Å². The summed E-state index contributed by atoms with van der Waals surface area (Å²) in [5.74, 6) is 1.12. The Bertz CT molecular complexity index is 566. The first-order chi connectivity index (χ1) is 9.29. The van der Waals surface area contributed by atoms with Gasteiger partial charge in [-0.25, -0.2) is 9.97 Å². The van der Waals surface area contributed by atoms with Gasteiger partial charge in [-0.05, 0) is 32.4 Å². The zero-order valence-corrected chi connectivity index (χ0v) is 12.3. The lowest BCUT2D eigenvalue weighted by atomic mass is 10.2. The van der Waals surface area contributed by atoms with Gasteiger partial charge in [-0.2, -0.15) is 0 Å². The van der Waals surface area contributed by atoms with Gasteiger partial charge in [0.05, 0.1) is 5.39 Å². The minimum Gasteiger partial charge on any atom is -0.352 e. The van der Waals surface area contributed by atoms with Crippen LogP contribution in [-0.2, 0) is 0 Å². The van der Waals surface area contributed by atoms with E-state index in [1.165, 1.54) is 23.1 Å². The van der Waals surface area contributed by atoms with E-state index in [2.05, 4.69) is 40.1 Å². The van der Waals surface area contributed by atoms with E-state index in [1.807, 2.05) is 0 Å². The van der Waals surface area contributed by atoms with Crippen molar-refractivity contribution in [1.29, 1.82) is 0 Å². The van der Waals surface area contributed by atoms with E-state index in [0.29, 0.717) is 6.04 Å². The maximum absolute atomic E-state index is 4.55. The summed E-state index contributed by atoms with van der Waals surface area (Å²) >= 11 is 1.75. The van der Waals surface area contributed by atoms with Gasteiger partial charge in [0, 0.05) is 24.0 Å². The van der Waals surface area contributed by atoms with Crippen LogP contribution in [0.5, 0.6) is 0 Å². The smallest absolute Gasteiger partial charge is 0.141 e. The highest BCUT2D eigenvalue weighted by Crippen LogP contribution is 2.33. The third-order valence-corrected chi connectivity index (χ3v) is 4.67. The molecule has 1 aliphatic heterocycles. The van der Waals surface area contributed by atoms with E-state index in [9.17, 15) is 0 Å². The molecule has 1 N–H and O–H groups in total. The average molecular weight is 276 g/mol. The second-order valence-corrected chi connectivity index (χ2v) is 6.31. The Morgan fingerprint density at radius 3 is 3.21 bits per heavy atom. The van der Waals surface area contributed by atoms with E-state index < -0.39 is 0 Å². The van der Waals surface area contributed by atoms with Crippen LogP contribution >= 0.6 is 11.3 Å². The fourth-order valence-electron chi connectivity index (χ4n) is 2.83. The molecular weight excluding hydrogens is 256 g/mol. The molecule has 2 aromatic heterocycles. The predicted molar refractivity (Wildman–Crippen MR) is 81.1 cm³/mol. The Labute approximate surface area is 117 Å². The number of aryl methyl sites for hydroxylation is 1. The first-order valence-electron chi connectivity index (χ1n) is 6.98. The summed E-state index contributed by atoms with van der Waals surface area (Å²) in [5.41, 5.74) is 0.